The molecule has 0 bridgehead atoms. The maximum absolute atomic E-state index is 11.4. The van der Waals surface area contributed by atoms with E-state index in [-0.39, 0.29) is 10.8 Å². The van der Waals surface area contributed by atoms with Crippen molar-refractivity contribution in [2.75, 3.05) is 37.6 Å². The number of hydrogen-bond donors (Lipinski definition) is 1. The molecule has 0 radical (unpaired) electrons. The molecule has 0 atom stereocenters. The van der Waals surface area contributed by atoms with Crippen molar-refractivity contribution in [3.05, 3.63) is 71.6 Å². The molecular weight excluding hydrogens is 514 g/mol. The molecule has 4 aromatic rings. The lowest BCUT2D eigenvalue weighted by molar-refractivity contribution is 0.0976. The first-order valence-corrected chi connectivity index (χ1v) is 17.0. The van der Waals surface area contributed by atoms with E-state index in [1.807, 2.05) is 24.3 Å². The van der Waals surface area contributed by atoms with Crippen LogP contribution in [0.15, 0.2) is 59.2 Å². The van der Waals surface area contributed by atoms with Gasteiger partial charge in [0.2, 0.25) is 0 Å². The van der Waals surface area contributed by atoms with Crippen molar-refractivity contribution >= 4 is 47.8 Å². The molecule has 2 aromatic heterocycles. The second kappa shape index (κ2) is 10.6. The maximum atomic E-state index is 11.4. The molecule has 0 spiro atoms. The summed E-state index contributed by atoms with van der Waals surface area (Å²) < 4.78 is 8.03. The molecule has 5 rings (SSSR count). The van der Waals surface area contributed by atoms with E-state index in [2.05, 4.69) is 84.4 Å². The third kappa shape index (κ3) is 5.32. The van der Waals surface area contributed by atoms with Gasteiger partial charge >= 0.3 is 0 Å². The summed E-state index contributed by atoms with van der Waals surface area (Å²) in [5.41, 5.74) is 10.3. The number of benzene rings is 2. The Bertz CT molecular complexity index is 1620. The molecule has 1 saturated heterocycles. The zero-order chi connectivity index (χ0) is 28.7. The number of piperazine rings is 1. The predicted octanol–water partition coefficient (Wildman–Crippen LogP) is 6.44. The Kier molecular flexibility index (Phi) is 7.38. The minimum absolute atomic E-state index is 0.195. The molecule has 7 nitrogen and oxygen atoms in total. The van der Waals surface area contributed by atoms with Crippen molar-refractivity contribution in [2.45, 2.75) is 45.3 Å². The van der Waals surface area contributed by atoms with E-state index in [4.69, 9.17) is 10.2 Å². The molecule has 1 aliphatic rings. The van der Waals surface area contributed by atoms with Crippen LogP contribution in [0, 0.1) is 11.3 Å². The zero-order valence-corrected chi connectivity index (χ0v) is 25.2. The van der Waals surface area contributed by atoms with Gasteiger partial charge in [0, 0.05) is 60.9 Å². The number of carbonyl (C=O) groups excluding carboxylic acids is 1. The van der Waals surface area contributed by atoms with Gasteiger partial charge in [0.05, 0.1) is 11.6 Å². The molecule has 1 aliphatic heterocycles. The van der Waals surface area contributed by atoms with E-state index in [0.717, 1.165) is 55.6 Å². The smallest absolute Gasteiger partial charge is 0.284 e. The van der Waals surface area contributed by atoms with Gasteiger partial charge in [-0.1, -0.05) is 46.0 Å². The fraction of sp³-hybridized carbons (Fsp3) is 0.375. The Balaban J connectivity index is 1.23. The van der Waals surface area contributed by atoms with E-state index < -0.39 is 14.1 Å². The van der Waals surface area contributed by atoms with Crippen LogP contribution in [0.25, 0.3) is 27.9 Å². The van der Waals surface area contributed by atoms with Crippen molar-refractivity contribution in [1.29, 1.82) is 5.26 Å². The van der Waals surface area contributed by atoms with Crippen molar-refractivity contribution in [3.63, 3.8) is 0 Å². The van der Waals surface area contributed by atoms with Gasteiger partial charge in [-0.25, -0.2) is 0 Å². The number of carbonyl (C=O) groups is 1. The number of nitrogens with zero attached hydrogens (tertiary/aromatic N) is 4. The Hall–Kier alpha value is -3.80. The maximum Gasteiger partial charge on any atom is 0.284 e. The summed E-state index contributed by atoms with van der Waals surface area (Å²) in [7, 11) is -1.82. The largest absolute Gasteiger partial charge is 0.451 e. The van der Waals surface area contributed by atoms with Crippen LogP contribution in [0.3, 0.4) is 0 Å². The topological polar surface area (TPSA) is 91.4 Å². The van der Waals surface area contributed by atoms with Gasteiger partial charge in [0.1, 0.15) is 5.58 Å². The summed E-state index contributed by atoms with van der Waals surface area (Å²) >= 11 is 0. The first-order valence-electron chi connectivity index (χ1n) is 14.0. The molecule has 1 amide bonds. The SMILES string of the molecule is CC(C)(C)[Si](C)(C)n1cc(/C=C/CCN2CCN(c3ccc4oc(C(N)=O)cc4c3)CC2)c2cc(C#N)ccc21. The van der Waals surface area contributed by atoms with Crippen LogP contribution in [0.5, 0.6) is 0 Å². The van der Waals surface area contributed by atoms with Crippen LogP contribution in [-0.4, -0.2) is 56.0 Å². The van der Waals surface area contributed by atoms with Gasteiger partial charge in [0.15, 0.2) is 14.0 Å². The number of nitriles is 1. The summed E-state index contributed by atoms with van der Waals surface area (Å²) in [5, 5.41) is 11.8. The monoisotopic (exact) mass is 553 g/mol. The standard InChI is InChI=1S/C32H39N5O2Si/c1-32(2,3)40(4,5)37-22-24(27-18-23(21-33)9-11-28(27)37)8-6-7-13-35-14-16-36(17-15-35)26-10-12-29-25(19-26)20-30(39-29)31(34)38/h6,8-12,18-20,22H,7,13-17H2,1-5H3,(H2,34,38)/b8-6+. The Labute approximate surface area is 237 Å². The van der Waals surface area contributed by atoms with E-state index in [1.165, 1.54) is 11.1 Å². The molecule has 0 aliphatic carbocycles. The summed E-state index contributed by atoms with van der Waals surface area (Å²) in [6.07, 6.45) is 7.80. The van der Waals surface area contributed by atoms with E-state index >= 15 is 0 Å². The predicted molar refractivity (Wildman–Crippen MR) is 166 cm³/mol. The lowest BCUT2D eigenvalue weighted by Gasteiger charge is -2.38. The molecular formula is C32H39N5O2Si. The summed E-state index contributed by atoms with van der Waals surface area (Å²) in [6.45, 7) is 16.8. The third-order valence-electron chi connectivity index (χ3n) is 8.79. The van der Waals surface area contributed by atoms with Gasteiger partial charge in [-0.15, -0.1) is 0 Å². The van der Waals surface area contributed by atoms with Gasteiger partial charge in [-0.05, 0) is 59.5 Å². The molecule has 2 aromatic carbocycles. The fourth-order valence-corrected chi connectivity index (χ4v) is 7.31. The number of nitrogens with two attached hydrogens (primary N) is 1. The normalized spacial score (nSPS) is 15.3. The number of aromatic nitrogens is 1. The highest BCUT2D eigenvalue weighted by Crippen LogP contribution is 2.40. The van der Waals surface area contributed by atoms with Crippen LogP contribution in [-0.2, 0) is 0 Å². The molecule has 3 heterocycles. The van der Waals surface area contributed by atoms with Crippen LogP contribution in [0.1, 0.15) is 48.9 Å². The number of furan rings is 1. The number of hydrogen-bond acceptors (Lipinski definition) is 5. The molecule has 40 heavy (non-hydrogen) atoms. The highest BCUT2D eigenvalue weighted by atomic mass is 28.3. The lowest BCUT2D eigenvalue weighted by atomic mass is 10.1. The average molecular weight is 554 g/mol. The minimum atomic E-state index is -1.82. The lowest BCUT2D eigenvalue weighted by Crippen LogP contribution is -2.46. The summed E-state index contributed by atoms with van der Waals surface area (Å²) in [6, 6.07) is 16.1. The van der Waals surface area contributed by atoms with E-state index in [1.54, 1.807) is 6.07 Å². The average Bonchev–Trinajstić information content (AvgIpc) is 3.52. The first-order chi connectivity index (χ1) is 19.0. The van der Waals surface area contributed by atoms with Crippen LogP contribution in [0.4, 0.5) is 5.69 Å². The fourth-order valence-electron chi connectivity index (χ4n) is 5.33. The van der Waals surface area contributed by atoms with Gasteiger partial charge in [-0.2, -0.15) is 5.26 Å². The molecule has 0 saturated carbocycles. The third-order valence-corrected chi connectivity index (χ3v) is 14.0. The van der Waals surface area contributed by atoms with Crippen LogP contribution < -0.4 is 10.6 Å². The highest BCUT2D eigenvalue weighted by Gasteiger charge is 2.38. The second-order valence-corrected chi connectivity index (χ2v) is 17.4. The molecule has 0 unspecified atom stereocenters. The first kappa shape index (κ1) is 27.8. The van der Waals surface area contributed by atoms with Gasteiger partial charge < -0.3 is 19.3 Å². The van der Waals surface area contributed by atoms with Crippen molar-refractivity contribution < 1.29 is 9.21 Å². The number of anilines is 1. The zero-order valence-electron chi connectivity index (χ0n) is 24.2. The van der Waals surface area contributed by atoms with Crippen molar-refractivity contribution in [2.24, 2.45) is 5.73 Å². The van der Waals surface area contributed by atoms with Crippen LogP contribution in [0.2, 0.25) is 18.1 Å². The number of primary amides is 1. The summed E-state index contributed by atoms with van der Waals surface area (Å²) in [4.78, 5) is 16.3. The molecule has 208 valence electrons. The number of amides is 1. The second-order valence-electron chi connectivity index (χ2n) is 12.3. The Morgan fingerprint density at radius 2 is 1.85 bits per heavy atom. The Morgan fingerprint density at radius 3 is 2.52 bits per heavy atom. The number of rotatable bonds is 7. The molecule has 1 fully saturated rings. The summed E-state index contributed by atoms with van der Waals surface area (Å²) in [5.74, 6) is -0.353. The van der Waals surface area contributed by atoms with Crippen molar-refractivity contribution in [3.8, 4) is 6.07 Å². The number of fused-ring (bicyclic) bond motifs is 2. The quantitative estimate of drug-likeness (QED) is 0.266. The van der Waals surface area contributed by atoms with E-state index in [9.17, 15) is 10.1 Å². The van der Waals surface area contributed by atoms with Crippen molar-refractivity contribution in [1.82, 2.24) is 9.13 Å². The van der Waals surface area contributed by atoms with Gasteiger partial charge in [0.25, 0.3) is 5.91 Å². The van der Waals surface area contributed by atoms with E-state index in [0.29, 0.717) is 11.1 Å². The highest BCUT2D eigenvalue weighted by molar-refractivity contribution is 6.79. The Morgan fingerprint density at radius 1 is 1.10 bits per heavy atom. The molecule has 2 N–H and O–H groups in total. The van der Waals surface area contributed by atoms with Crippen LogP contribution >= 0.6 is 0 Å². The van der Waals surface area contributed by atoms with Gasteiger partial charge in [-0.3, -0.25) is 9.69 Å². The molecule has 8 heteroatoms. The minimum Gasteiger partial charge on any atom is -0.451 e.